The summed E-state index contributed by atoms with van der Waals surface area (Å²) in [7, 11) is 0. The van der Waals surface area contributed by atoms with Gasteiger partial charge in [-0.15, -0.1) is 0 Å². The lowest BCUT2D eigenvalue weighted by molar-refractivity contribution is -0.177. The third kappa shape index (κ3) is 2.34. The van der Waals surface area contributed by atoms with Crippen molar-refractivity contribution in [2.75, 3.05) is 13.2 Å². The number of ether oxygens (including phenoxy) is 2. The van der Waals surface area contributed by atoms with Crippen LogP contribution in [-0.2, 0) is 14.3 Å². The van der Waals surface area contributed by atoms with Crippen molar-refractivity contribution < 1.29 is 14.3 Å². The van der Waals surface area contributed by atoms with E-state index >= 15 is 0 Å². The van der Waals surface area contributed by atoms with Gasteiger partial charge in [-0.3, -0.25) is 0 Å². The normalized spacial score (nSPS) is 37.6. The maximum atomic E-state index is 10.6. The van der Waals surface area contributed by atoms with Crippen LogP contribution in [0.3, 0.4) is 0 Å². The highest BCUT2D eigenvalue weighted by atomic mass is 16.7. The number of hydrogen-bond donors (Lipinski definition) is 0. The SMILES string of the molecule is O=C[C@@H]1CC[C@H]1COC1CCCCO1. The summed E-state index contributed by atoms with van der Waals surface area (Å²) in [6.07, 6.45) is 6.61. The van der Waals surface area contributed by atoms with E-state index in [0.717, 1.165) is 38.6 Å². The van der Waals surface area contributed by atoms with Crippen LogP contribution in [0.4, 0.5) is 0 Å². The van der Waals surface area contributed by atoms with Crippen molar-refractivity contribution in [3.05, 3.63) is 0 Å². The van der Waals surface area contributed by atoms with Crippen molar-refractivity contribution >= 4 is 6.29 Å². The lowest BCUT2D eigenvalue weighted by atomic mass is 9.75. The van der Waals surface area contributed by atoms with Gasteiger partial charge in [0.2, 0.25) is 0 Å². The lowest BCUT2D eigenvalue weighted by Gasteiger charge is -2.34. The third-order valence-corrected chi connectivity index (χ3v) is 3.29. The van der Waals surface area contributed by atoms with Crippen LogP contribution >= 0.6 is 0 Å². The van der Waals surface area contributed by atoms with Crippen molar-refractivity contribution in [1.29, 1.82) is 0 Å². The quantitative estimate of drug-likeness (QED) is 0.646. The van der Waals surface area contributed by atoms with E-state index in [2.05, 4.69) is 0 Å². The number of hydrogen-bond acceptors (Lipinski definition) is 3. The Morgan fingerprint density at radius 2 is 2.21 bits per heavy atom. The topological polar surface area (TPSA) is 35.5 Å². The molecule has 3 atom stereocenters. The number of carbonyl (C=O) groups excluding carboxylic acids is 1. The van der Waals surface area contributed by atoms with Gasteiger partial charge in [-0.1, -0.05) is 0 Å². The first kappa shape index (κ1) is 10.1. The maximum Gasteiger partial charge on any atom is 0.157 e. The Kier molecular flexibility index (Phi) is 3.54. The van der Waals surface area contributed by atoms with Crippen LogP contribution in [-0.4, -0.2) is 25.8 Å². The Morgan fingerprint density at radius 1 is 1.29 bits per heavy atom. The average molecular weight is 198 g/mol. The van der Waals surface area contributed by atoms with E-state index in [-0.39, 0.29) is 12.2 Å². The molecule has 1 aliphatic carbocycles. The third-order valence-electron chi connectivity index (χ3n) is 3.29. The summed E-state index contributed by atoms with van der Waals surface area (Å²) in [4.78, 5) is 10.6. The van der Waals surface area contributed by atoms with Crippen LogP contribution in [0.15, 0.2) is 0 Å². The van der Waals surface area contributed by atoms with E-state index < -0.39 is 0 Å². The van der Waals surface area contributed by atoms with Crippen LogP contribution in [0, 0.1) is 11.8 Å². The van der Waals surface area contributed by atoms with Crippen molar-refractivity contribution in [3.8, 4) is 0 Å². The monoisotopic (exact) mass is 198 g/mol. The summed E-state index contributed by atoms with van der Waals surface area (Å²) in [5.41, 5.74) is 0. The highest BCUT2D eigenvalue weighted by molar-refractivity contribution is 5.55. The van der Waals surface area contributed by atoms with Crippen molar-refractivity contribution in [3.63, 3.8) is 0 Å². The van der Waals surface area contributed by atoms with Crippen LogP contribution in [0.1, 0.15) is 32.1 Å². The van der Waals surface area contributed by atoms with Gasteiger partial charge < -0.3 is 14.3 Å². The summed E-state index contributed by atoms with van der Waals surface area (Å²) >= 11 is 0. The fraction of sp³-hybridized carbons (Fsp3) is 0.909. The summed E-state index contributed by atoms with van der Waals surface area (Å²) < 4.78 is 11.1. The van der Waals surface area contributed by atoms with Gasteiger partial charge >= 0.3 is 0 Å². The van der Waals surface area contributed by atoms with Gasteiger partial charge in [-0.05, 0) is 38.0 Å². The molecule has 0 N–H and O–H groups in total. The number of rotatable bonds is 4. The molecule has 2 aliphatic rings. The van der Waals surface area contributed by atoms with E-state index in [9.17, 15) is 4.79 Å². The Hall–Kier alpha value is -0.410. The largest absolute Gasteiger partial charge is 0.353 e. The summed E-state index contributed by atoms with van der Waals surface area (Å²) in [5, 5.41) is 0. The molecule has 0 radical (unpaired) electrons. The molecule has 2 fully saturated rings. The Labute approximate surface area is 84.8 Å². The van der Waals surface area contributed by atoms with Gasteiger partial charge in [0.1, 0.15) is 6.29 Å². The van der Waals surface area contributed by atoms with Crippen molar-refractivity contribution in [2.45, 2.75) is 38.4 Å². The lowest BCUT2D eigenvalue weighted by Crippen LogP contribution is -2.33. The number of carbonyl (C=O) groups is 1. The molecule has 1 heterocycles. The van der Waals surface area contributed by atoms with E-state index in [4.69, 9.17) is 9.47 Å². The fourth-order valence-corrected chi connectivity index (χ4v) is 2.05. The van der Waals surface area contributed by atoms with Crippen LogP contribution in [0.25, 0.3) is 0 Å². The smallest absolute Gasteiger partial charge is 0.157 e. The zero-order chi connectivity index (χ0) is 9.80. The molecule has 80 valence electrons. The van der Waals surface area contributed by atoms with Gasteiger partial charge in [-0.25, -0.2) is 0 Å². The maximum absolute atomic E-state index is 10.6. The molecule has 1 unspecified atom stereocenters. The molecule has 0 aromatic heterocycles. The van der Waals surface area contributed by atoms with Crippen molar-refractivity contribution in [1.82, 2.24) is 0 Å². The molecule has 3 heteroatoms. The van der Waals surface area contributed by atoms with E-state index in [1.165, 1.54) is 6.42 Å². The Balaban J connectivity index is 1.63. The Morgan fingerprint density at radius 3 is 2.79 bits per heavy atom. The van der Waals surface area contributed by atoms with Crippen LogP contribution in [0.5, 0.6) is 0 Å². The summed E-state index contributed by atoms with van der Waals surface area (Å²) in [6, 6.07) is 0. The molecule has 0 aromatic rings. The second-order valence-electron chi connectivity index (χ2n) is 4.27. The van der Waals surface area contributed by atoms with Gasteiger partial charge in [-0.2, -0.15) is 0 Å². The second-order valence-corrected chi connectivity index (χ2v) is 4.27. The summed E-state index contributed by atoms with van der Waals surface area (Å²) in [6.45, 7) is 1.53. The van der Waals surface area contributed by atoms with Crippen molar-refractivity contribution in [2.24, 2.45) is 11.8 Å². The predicted molar refractivity (Wildman–Crippen MR) is 51.8 cm³/mol. The highest BCUT2D eigenvalue weighted by Gasteiger charge is 2.31. The molecule has 2 rings (SSSR count). The van der Waals surface area contributed by atoms with E-state index in [0.29, 0.717) is 12.5 Å². The predicted octanol–water partition coefficient (Wildman–Crippen LogP) is 1.75. The minimum absolute atomic E-state index is 0.00310. The highest BCUT2D eigenvalue weighted by Crippen LogP contribution is 2.33. The molecule has 1 aliphatic heterocycles. The molecule has 0 bridgehead atoms. The molecule has 1 saturated carbocycles. The molecule has 14 heavy (non-hydrogen) atoms. The minimum Gasteiger partial charge on any atom is -0.353 e. The first-order valence-electron chi connectivity index (χ1n) is 5.58. The molecular weight excluding hydrogens is 180 g/mol. The zero-order valence-electron chi connectivity index (χ0n) is 8.48. The molecule has 0 amide bonds. The van der Waals surface area contributed by atoms with E-state index in [1.54, 1.807) is 0 Å². The molecule has 0 aromatic carbocycles. The fourth-order valence-electron chi connectivity index (χ4n) is 2.05. The average Bonchev–Trinajstić information content (AvgIpc) is 2.19. The molecule has 1 saturated heterocycles. The second kappa shape index (κ2) is 4.89. The standard InChI is InChI=1S/C11H18O3/c12-7-9-4-5-10(9)8-14-11-3-1-2-6-13-11/h7,9-11H,1-6,8H2/t9-,10-,11?/m0/s1. The Bertz CT molecular complexity index is 187. The van der Waals surface area contributed by atoms with Gasteiger partial charge in [0.25, 0.3) is 0 Å². The van der Waals surface area contributed by atoms with Crippen LogP contribution in [0.2, 0.25) is 0 Å². The minimum atomic E-state index is -0.00310. The first-order valence-corrected chi connectivity index (χ1v) is 5.58. The first-order chi connectivity index (χ1) is 6.90. The molecule has 0 spiro atoms. The number of aldehydes is 1. The van der Waals surface area contributed by atoms with Gasteiger partial charge in [0, 0.05) is 12.5 Å². The van der Waals surface area contributed by atoms with E-state index in [1.807, 2.05) is 0 Å². The van der Waals surface area contributed by atoms with Gasteiger partial charge in [0.05, 0.1) is 6.61 Å². The molecule has 3 nitrogen and oxygen atoms in total. The van der Waals surface area contributed by atoms with Crippen LogP contribution < -0.4 is 0 Å². The van der Waals surface area contributed by atoms with Gasteiger partial charge in [0.15, 0.2) is 6.29 Å². The molecular formula is C11H18O3. The summed E-state index contributed by atoms with van der Waals surface area (Å²) in [5.74, 6) is 0.705. The zero-order valence-corrected chi connectivity index (χ0v) is 8.48.